The van der Waals surface area contributed by atoms with Gasteiger partial charge in [0.25, 0.3) is 0 Å². The summed E-state index contributed by atoms with van der Waals surface area (Å²) in [5.41, 5.74) is 1.44. The van der Waals surface area contributed by atoms with Crippen LogP contribution in [0.1, 0.15) is 24.2 Å². The van der Waals surface area contributed by atoms with Gasteiger partial charge in [-0.05, 0) is 55.3 Å². The summed E-state index contributed by atoms with van der Waals surface area (Å²) in [6, 6.07) is 9.98. The van der Waals surface area contributed by atoms with Crippen LogP contribution >= 0.6 is 15.9 Å². The molecule has 0 aliphatic carbocycles. The lowest BCUT2D eigenvalue weighted by atomic mass is 10.1. The average Bonchev–Trinajstić information content (AvgIpc) is 2.34. The maximum Gasteiger partial charge on any atom is 0.166 e. The molecular formula is C15H14BrFO2. The minimum Gasteiger partial charge on any atom is -0.454 e. The van der Waals surface area contributed by atoms with Crippen LogP contribution in [-0.4, -0.2) is 5.11 Å². The van der Waals surface area contributed by atoms with Crippen LogP contribution in [-0.2, 0) is 0 Å². The van der Waals surface area contributed by atoms with Gasteiger partial charge in [0.1, 0.15) is 5.75 Å². The molecule has 0 aromatic heterocycles. The molecule has 1 atom stereocenters. The van der Waals surface area contributed by atoms with Gasteiger partial charge in [-0.25, -0.2) is 4.39 Å². The van der Waals surface area contributed by atoms with E-state index in [2.05, 4.69) is 15.9 Å². The summed E-state index contributed by atoms with van der Waals surface area (Å²) >= 11 is 3.36. The zero-order valence-electron chi connectivity index (χ0n) is 10.7. The molecule has 2 aromatic carbocycles. The number of hydrogen-bond donors (Lipinski definition) is 1. The lowest BCUT2D eigenvalue weighted by Gasteiger charge is -2.11. The number of aryl methyl sites for hydroxylation is 1. The molecule has 0 saturated heterocycles. The van der Waals surface area contributed by atoms with Crippen molar-refractivity contribution in [2.75, 3.05) is 0 Å². The molecule has 0 aliphatic rings. The van der Waals surface area contributed by atoms with E-state index in [9.17, 15) is 9.50 Å². The van der Waals surface area contributed by atoms with Gasteiger partial charge in [-0.2, -0.15) is 0 Å². The Kier molecular flexibility index (Phi) is 4.22. The summed E-state index contributed by atoms with van der Waals surface area (Å²) in [6.45, 7) is 3.48. The highest BCUT2D eigenvalue weighted by molar-refractivity contribution is 9.10. The number of halogens is 2. The van der Waals surface area contributed by atoms with Crippen molar-refractivity contribution in [3.05, 3.63) is 57.8 Å². The summed E-state index contributed by atoms with van der Waals surface area (Å²) in [5.74, 6) is 0.266. The fourth-order valence-corrected chi connectivity index (χ4v) is 2.18. The standard InChI is InChI=1S/C15H14BrFO2/c1-9-7-12(16)4-6-14(9)19-15-5-3-11(10(2)18)8-13(15)17/h3-8,10,18H,1-2H3. The monoisotopic (exact) mass is 324 g/mol. The maximum atomic E-state index is 13.9. The summed E-state index contributed by atoms with van der Waals surface area (Å²) in [5, 5.41) is 9.39. The lowest BCUT2D eigenvalue weighted by molar-refractivity contribution is 0.198. The molecule has 0 bridgehead atoms. The number of hydrogen-bond acceptors (Lipinski definition) is 2. The van der Waals surface area contributed by atoms with Crippen LogP contribution < -0.4 is 4.74 Å². The second-order valence-corrected chi connectivity index (χ2v) is 5.29. The summed E-state index contributed by atoms with van der Waals surface area (Å²) in [7, 11) is 0. The van der Waals surface area contributed by atoms with Crippen LogP contribution in [0.15, 0.2) is 40.9 Å². The Morgan fingerprint density at radius 2 is 1.84 bits per heavy atom. The fourth-order valence-electron chi connectivity index (χ4n) is 1.71. The van der Waals surface area contributed by atoms with Crippen LogP contribution in [0, 0.1) is 12.7 Å². The molecule has 2 nitrogen and oxygen atoms in total. The number of aliphatic hydroxyl groups excluding tert-OH is 1. The van der Waals surface area contributed by atoms with Crippen molar-refractivity contribution in [3.8, 4) is 11.5 Å². The highest BCUT2D eigenvalue weighted by Crippen LogP contribution is 2.30. The Labute approximate surface area is 120 Å². The molecule has 0 saturated carbocycles. The molecule has 0 amide bonds. The van der Waals surface area contributed by atoms with Gasteiger partial charge in [-0.15, -0.1) is 0 Å². The van der Waals surface area contributed by atoms with E-state index in [0.717, 1.165) is 10.0 Å². The van der Waals surface area contributed by atoms with Crippen molar-refractivity contribution in [1.29, 1.82) is 0 Å². The molecule has 2 aromatic rings. The van der Waals surface area contributed by atoms with Crippen LogP contribution in [0.5, 0.6) is 11.5 Å². The van der Waals surface area contributed by atoms with Crippen molar-refractivity contribution in [1.82, 2.24) is 0 Å². The Balaban J connectivity index is 2.28. The van der Waals surface area contributed by atoms with Gasteiger partial charge in [0.15, 0.2) is 11.6 Å². The fraction of sp³-hybridized carbons (Fsp3) is 0.200. The number of benzene rings is 2. The second-order valence-electron chi connectivity index (χ2n) is 4.38. The van der Waals surface area contributed by atoms with Crippen LogP contribution in [0.4, 0.5) is 4.39 Å². The van der Waals surface area contributed by atoms with E-state index in [4.69, 9.17) is 4.74 Å². The van der Waals surface area contributed by atoms with Gasteiger partial charge in [-0.1, -0.05) is 22.0 Å². The van der Waals surface area contributed by atoms with Gasteiger partial charge in [-0.3, -0.25) is 0 Å². The molecule has 2 rings (SSSR count). The molecule has 0 fully saturated rings. The Bertz CT molecular complexity index is 597. The largest absolute Gasteiger partial charge is 0.454 e. The first-order valence-corrected chi connectivity index (χ1v) is 6.68. The van der Waals surface area contributed by atoms with E-state index in [1.165, 1.54) is 12.1 Å². The van der Waals surface area contributed by atoms with Crippen LogP contribution in [0.3, 0.4) is 0 Å². The minimum absolute atomic E-state index is 0.148. The SMILES string of the molecule is Cc1cc(Br)ccc1Oc1ccc(C(C)O)cc1F. The first-order valence-electron chi connectivity index (χ1n) is 5.89. The highest BCUT2D eigenvalue weighted by atomic mass is 79.9. The third kappa shape index (κ3) is 3.33. The molecule has 4 heteroatoms. The van der Waals surface area contributed by atoms with E-state index in [1.54, 1.807) is 19.1 Å². The molecule has 0 aliphatic heterocycles. The topological polar surface area (TPSA) is 29.5 Å². The van der Waals surface area contributed by atoms with Crippen molar-refractivity contribution in [3.63, 3.8) is 0 Å². The number of rotatable bonds is 3. The quantitative estimate of drug-likeness (QED) is 0.883. The highest BCUT2D eigenvalue weighted by Gasteiger charge is 2.10. The van der Waals surface area contributed by atoms with Gasteiger partial charge in [0.05, 0.1) is 6.10 Å². The van der Waals surface area contributed by atoms with Crippen molar-refractivity contribution >= 4 is 15.9 Å². The number of ether oxygens (including phenoxy) is 1. The average molecular weight is 325 g/mol. The van der Waals surface area contributed by atoms with Gasteiger partial charge >= 0.3 is 0 Å². The molecule has 100 valence electrons. The summed E-state index contributed by atoms with van der Waals surface area (Å²) in [4.78, 5) is 0. The lowest BCUT2D eigenvalue weighted by Crippen LogP contribution is -1.95. The summed E-state index contributed by atoms with van der Waals surface area (Å²) < 4.78 is 20.4. The van der Waals surface area contributed by atoms with Crippen LogP contribution in [0.25, 0.3) is 0 Å². The first-order chi connectivity index (χ1) is 8.97. The molecule has 1 unspecified atom stereocenters. The molecule has 19 heavy (non-hydrogen) atoms. The smallest absolute Gasteiger partial charge is 0.166 e. The molecular weight excluding hydrogens is 311 g/mol. The van der Waals surface area contributed by atoms with E-state index in [-0.39, 0.29) is 5.75 Å². The Morgan fingerprint density at radius 1 is 1.16 bits per heavy atom. The summed E-state index contributed by atoms with van der Waals surface area (Å²) in [6.07, 6.45) is -0.696. The van der Waals surface area contributed by atoms with Crippen LogP contribution in [0.2, 0.25) is 0 Å². The maximum absolute atomic E-state index is 13.9. The molecule has 0 heterocycles. The first kappa shape index (κ1) is 14.0. The van der Waals surface area contributed by atoms with Gasteiger partial charge in [0, 0.05) is 4.47 Å². The number of aliphatic hydroxyl groups is 1. The van der Waals surface area contributed by atoms with Gasteiger partial charge < -0.3 is 9.84 Å². The van der Waals surface area contributed by atoms with E-state index in [1.807, 2.05) is 19.1 Å². The van der Waals surface area contributed by atoms with E-state index in [0.29, 0.717) is 11.3 Å². The second kappa shape index (κ2) is 5.72. The normalized spacial score (nSPS) is 12.3. The predicted molar refractivity (Wildman–Crippen MR) is 76.0 cm³/mol. The van der Waals surface area contributed by atoms with Crippen molar-refractivity contribution in [2.24, 2.45) is 0 Å². The predicted octanol–water partition coefficient (Wildman–Crippen LogP) is 4.74. The van der Waals surface area contributed by atoms with E-state index >= 15 is 0 Å². The minimum atomic E-state index is -0.696. The van der Waals surface area contributed by atoms with Gasteiger partial charge in [0.2, 0.25) is 0 Å². The Morgan fingerprint density at radius 3 is 2.42 bits per heavy atom. The van der Waals surface area contributed by atoms with Crippen molar-refractivity contribution in [2.45, 2.75) is 20.0 Å². The van der Waals surface area contributed by atoms with E-state index < -0.39 is 11.9 Å². The van der Waals surface area contributed by atoms with Crippen molar-refractivity contribution < 1.29 is 14.2 Å². The molecule has 0 spiro atoms. The molecule has 0 radical (unpaired) electrons. The Hall–Kier alpha value is -1.39. The third-order valence-electron chi connectivity index (χ3n) is 2.80. The zero-order chi connectivity index (χ0) is 14.0. The third-order valence-corrected chi connectivity index (χ3v) is 3.29. The molecule has 1 N–H and O–H groups in total. The zero-order valence-corrected chi connectivity index (χ0v) is 12.2.